The highest BCUT2D eigenvalue weighted by Gasteiger charge is 2.15. The van der Waals surface area contributed by atoms with Crippen LogP contribution < -0.4 is 10.6 Å². The Balaban J connectivity index is 1.69. The fraction of sp³-hybridized carbons (Fsp3) is 0.357. The Bertz CT molecular complexity index is 439. The summed E-state index contributed by atoms with van der Waals surface area (Å²) in [4.78, 5) is 11.5. The molecule has 1 atom stereocenters. The number of rotatable bonds is 4. The summed E-state index contributed by atoms with van der Waals surface area (Å²) < 4.78 is 18.1. The number of hydrogen-bond acceptors (Lipinski definition) is 2. The maximum Gasteiger partial charge on any atom is 0.318 e. The molecule has 0 radical (unpaired) electrons. The number of hydrogen-bond donors (Lipinski definition) is 2. The van der Waals surface area contributed by atoms with Crippen LogP contribution in [-0.2, 0) is 4.74 Å². The highest BCUT2D eigenvalue weighted by atomic mass is 19.1. The van der Waals surface area contributed by atoms with E-state index < -0.39 is 0 Å². The third-order valence-electron chi connectivity index (χ3n) is 2.87. The minimum atomic E-state index is -0.278. The molecule has 0 saturated carbocycles. The lowest BCUT2D eigenvalue weighted by Gasteiger charge is -2.10. The van der Waals surface area contributed by atoms with Crippen molar-refractivity contribution in [3.05, 3.63) is 41.8 Å². The molecule has 2 N–H and O–H groups in total. The molecule has 2 rings (SSSR count). The largest absolute Gasteiger partial charge is 0.376 e. The summed E-state index contributed by atoms with van der Waals surface area (Å²) in [5, 5.41) is 5.32. The minimum absolute atomic E-state index is 0.131. The first-order valence-electron chi connectivity index (χ1n) is 6.32. The minimum Gasteiger partial charge on any atom is -0.376 e. The van der Waals surface area contributed by atoms with E-state index in [1.54, 1.807) is 18.2 Å². The first-order chi connectivity index (χ1) is 9.24. The SMILES string of the molecule is O=C(N/C=C/c1ccc(F)cc1)NCC1CCCO1. The van der Waals surface area contributed by atoms with Gasteiger partial charge in [0.15, 0.2) is 0 Å². The van der Waals surface area contributed by atoms with Crippen molar-refractivity contribution >= 4 is 12.1 Å². The topological polar surface area (TPSA) is 50.4 Å². The van der Waals surface area contributed by atoms with E-state index in [1.165, 1.54) is 18.3 Å². The number of benzene rings is 1. The molecule has 0 aromatic heterocycles. The van der Waals surface area contributed by atoms with Gasteiger partial charge in [-0.3, -0.25) is 0 Å². The van der Waals surface area contributed by atoms with Gasteiger partial charge in [0.25, 0.3) is 0 Å². The quantitative estimate of drug-likeness (QED) is 0.876. The molecule has 1 heterocycles. The van der Waals surface area contributed by atoms with Gasteiger partial charge in [-0.1, -0.05) is 12.1 Å². The summed E-state index contributed by atoms with van der Waals surface area (Å²) >= 11 is 0. The molecule has 1 unspecified atom stereocenters. The zero-order valence-electron chi connectivity index (χ0n) is 10.6. The Kier molecular flexibility index (Phi) is 4.92. The number of urea groups is 1. The van der Waals surface area contributed by atoms with Gasteiger partial charge < -0.3 is 15.4 Å². The highest BCUT2D eigenvalue weighted by molar-refractivity contribution is 5.75. The van der Waals surface area contributed by atoms with Crippen LogP contribution in [0, 0.1) is 5.82 Å². The van der Waals surface area contributed by atoms with Gasteiger partial charge in [0.05, 0.1) is 6.10 Å². The van der Waals surface area contributed by atoms with E-state index in [2.05, 4.69) is 10.6 Å². The van der Waals surface area contributed by atoms with Crippen molar-refractivity contribution in [2.24, 2.45) is 0 Å². The first-order valence-corrected chi connectivity index (χ1v) is 6.32. The number of halogens is 1. The third-order valence-corrected chi connectivity index (χ3v) is 2.87. The van der Waals surface area contributed by atoms with E-state index in [-0.39, 0.29) is 18.0 Å². The van der Waals surface area contributed by atoms with Crippen LogP contribution in [0.3, 0.4) is 0 Å². The van der Waals surface area contributed by atoms with Crippen molar-refractivity contribution in [2.45, 2.75) is 18.9 Å². The van der Waals surface area contributed by atoms with Gasteiger partial charge in [0, 0.05) is 19.4 Å². The Hall–Kier alpha value is -1.88. The van der Waals surface area contributed by atoms with Gasteiger partial charge in [-0.15, -0.1) is 0 Å². The number of carbonyl (C=O) groups is 1. The van der Waals surface area contributed by atoms with E-state index in [0.717, 1.165) is 25.0 Å². The lowest BCUT2D eigenvalue weighted by Crippen LogP contribution is -2.37. The smallest absolute Gasteiger partial charge is 0.318 e. The molecule has 1 saturated heterocycles. The number of carbonyl (C=O) groups excluding carboxylic acids is 1. The molecule has 102 valence electrons. The molecule has 1 aliphatic heterocycles. The van der Waals surface area contributed by atoms with Crippen molar-refractivity contribution in [3.63, 3.8) is 0 Å². The highest BCUT2D eigenvalue weighted by Crippen LogP contribution is 2.10. The van der Waals surface area contributed by atoms with Crippen LogP contribution in [0.4, 0.5) is 9.18 Å². The molecule has 0 aliphatic carbocycles. The molecule has 19 heavy (non-hydrogen) atoms. The summed E-state index contributed by atoms with van der Waals surface area (Å²) in [5.41, 5.74) is 0.820. The average Bonchev–Trinajstić information content (AvgIpc) is 2.92. The Morgan fingerprint density at radius 3 is 2.89 bits per heavy atom. The van der Waals surface area contributed by atoms with E-state index in [1.807, 2.05) is 0 Å². The molecular weight excluding hydrogens is 247 g/mol. The van der Waals surface area contributed by atoms with E-state index in [0.29, 0.717) is 6.54 Å². The zero-order valence-corrected chi connectivity index (χ0v) is 10.6. The molecule has 1 fully saturated rings. The molecule has 1 aromatic rings. The zero-order chi connectivity index (χ0) is 13.5. The predicted molar refractivity (Wildman–Crippen MR) is 70.9 cm³/mol. The van der Waals surface area contributed by atoms with Crippen LogP contribution in [0.25, 0.3) is 6.08 Å². The lowest BCUT2D eigenvalue weighted by atomic mass is 10.2. The molecule has 5 heteroatoms. The molecule has 1 aliphatic rings. The summed E-state index contributed by atoms with van der Waals surface area (Å²) in [6.07, 6.45) is 5.40. The van der Waals surface area contributed by atoms with Crippen LogP contribution in [0.15, 0.2) is 30.5 Å². The van der Waals surface area contributed by atoms with Crippen molar-refractivity contribution < 1.29 is 13.9 Å². The standard InChI is InChI=1S/C14H17FN2O2/c15-12-5-3-11(4-6-12)7-8-16-14(18)17-10-13-2-1-9-19-13/h3-8,13H,1-2,9-10H2,(H2,16,17,18)/b8-7+. The lowest BCUT2D eigenvalue weighted by molar-refractivity contribution is 0.111. The Morgan fingerprint density at radius 2 is 2.21 bits per heavy atom. The van der Waals surface area contributed by atoms with Gasteiger partial charge in [-0.05, 0) is 36.6 Å². The van der Waals surface area contributed by atoms with Gasteiger partial charge in [0.2, 0.25) is 0 Å². The molecular formula is C14H17FN2O2. The van der Waals surface area contributed by atoms with Gasteiger partial charge >= 0.3 is 6.03 Å². The second kappa shape index (κ2) is 6.89. The van der Waals surface area contributed by atoms with Gasteiger partial charge in [-0.2, -0.15) is 0 Å². The van der Waals surface area contributed by atoms with E-state index in [9.17, 15) is 9.18 Å². The van der Waals surface area contributed by atoms with E-state index in [4.69, 9.17) is 4.74 Å². The summed E-state index contributed by atoms with van der Waals surface area (Å²) in [6, 6.07) is 5.75. The monoisotopic (exact) mass is 264 g/mol. The number of amides is 2. The Morgan fingerprint density at radius 1 is 1.42 bits per heavy atom. The fourth-order valence-corrected chi connectivity index (χ4v) is 1.85. The van der Waals surface area contributed by atoms with Crippen LogP contribution in [0.2, 0.25) is 0 Å². The van der Waals surface area contributed by atoms with Crippen LogP contribution >= 0.6 is 0 Å². The maximum atomic E-state index is 12.7. The molecule has 1 aromatic carbocycles. The molecule has 0 bridgehead atoms. The predicted octanol–water partition coefficient (Wildman–Crippen LogP) is 2.27. The average molecular weight is 264 g/mol. The van der Waals surface area contributed by atoms with Crippen LogP contribution in [-0.4, -0.2) is 25.3 Å². The molecule has 4 nitrogen and oxygen atoms in total. The van der Waals surface area contributed by atoms with Crippen LogP contribution in [0.1, 0.15) is 18.4 Å². The van der Waals surface area contributed by atoms with Gasteiger partial charge in [-0.25, -0.2) is 9.18 Å². The van der Waals surface area contributed by atoms with Crippen molar-refractivity contribution in [3.8, 4) is 0 Å². The summed E-state index contributed by atoms with van der Waals surface area (Å²) in [6.45, 7) is 1.30. The third kappa shape index (κ3) is 4.71. The Labute approximate surface area is 111 Å². The van der Waals surface area contributed by atoms with Gasteiger partial charge in [0.1, 0.15) is 5.82 Å². The molecule has 2 amide bonds. The second-order valence-electron chi connectivity index (χ2n) is 4.37. The van der Waals surface area contributed by atoms with Crippen molar-refractivity contribution in [1.29, 1.82) is 0 Å². The maximum absolute atomic E-state index is 12.7. The summed E-state index contributed by atoms with van der Waals surface area (Å²) in [7, 11) is 0. The van der Waals surface area contributed by atoms with Crippen molar-refractivity contribution in [2.75, 3.05) is 13.2 Å². The number of ether oxygens (including phenoxy) is 1. The van der Waals surface area contributed by atoms with E-state index >= 15 is 0 Å². The summed E-state index contributed by atoms with van der Waals surface area (Å²) in [5.74, 6) is -0.278. The molecule has 0 spiro atoms. The second-order valence-corrected chi connectivity index (χ2v) is 4.37. The fourth-order valence-electron chi connectivity index (χ4n) is 1.85. The number of nitrogens with one attached hydrogen (secondary N) is 2. The van der Waals surface area contributed by atoms with Crippen LogP contribution in [0.5, 0.6) is 0 Å². The first kappa shape index (κ1) is 13.5. The normalized spacial score (nSPS) is 18.7. The van der Waals surface area contributed by atoms with Crippen molar-refractivity contribution in [1.82, 2.24) is 10.6 Å².